The highest BCUT2D eigenvalue weighted by atomic mass is 16.5. The van der Waals surface area contributed by atoms with Gasteiger partial charge in [-0.05, 0) is 43.7 Å². The van der Waals surface area contributed by atoms with E-state index in [9.17, 15) is 4.79 Å². The Morgan fingerprint density at radius 2 is 1.84 bits per heavy atom. The summed E-state index contributed by atoms with van der Waals surface area (Å²) in [5.41, 5.74) is 2.91. The second kappa shape index (κ2) is 7.66. The van der Waals surface area contributed by atoms with Crippen molar-refractivity contribution in [2.75, 3.05) is 5.32 Å². The molecule has 0 aliphatic carbocycles. The Balaban J connectivity index is 1.63. The van der Waals surface area contributed by atoms with Gasteiger partial charge < -0.3 is 10.1 Å². The Morgan fingerprint density at radius 1 is 1.08 bits per heavy atom. The van der Waals surface area contributed by atoms with Crippen LogP contribution in [-0.2, 0) is 11.3 Å². The van der Waals surface area contributed by atoms with Crippen LogP contribution in [0.1, 0.15) is 17.5 Å². The summed E-state index contributed by atoms with van der Waals surface area (Å²) >= 11 is 0. The summed E-state index contributed by atoms with van der Waals surface area (Å²) in [5.74, 6) is 1.28. The summed E-state index contributed by atoms with van der Waals surface area (Å²) in [7, 11) is 0. The number of aryl methyl sites for hydroxylation is 3. The molecule has 0 saturated heterocycles. The van der Waals surface area contributed by atoms with Crippen molar-refractivity contribution in [2.24, 2.45) is 0 Å². The topological polar surface area (TPSA) is 56.1 Å². The molecule has 0 spiro atoms. The Hall–Kier alpha value is -3.08. The molecule has 3 aromatic rings. The smallest absolute Gasteiger partial charge is 0.226 e. The molecular weight excluding hydrogens is 314 g/mol. The number of para-hydroxylation sites is 2. The van der Waals surface area contributed by atoms with E-state index in [4.69, 9.17) is 4.74 Å². The highest BCUT2D eigenvalue weighted by molar-refractivity contribution is 5.92. The molecule has 0 saturated carbocycles. The second-order valence-corrected chi connectivity index (χ2v) is 5.99. The van der Waals surface area contributed by atoms with Gasteiger partial charge in [-0.1, -0.05) is 29.8 Å². The molecule has 0 bridgehead atoms. The van der Waals surface area contributed by atoms with Gasteiger partial charge in [-0.25, -0.2) is 0 Å². The van der Waals surface area contributed by atoms with Crippen LogP contribution in [0.4, 0.5) is 5.69 Å². The van der Waals surface area contributed by atoms with Gasteiger partial charge in [0.25, 0.3) is 0 Å². The number of nitrogens with one attached hydrogen (secondary N) is 1. The lowest BCUT2D eigenvalue weighted by Gasteiger charge is -2.12. The van der Waals surface area contributed by atoms with E-state index >= 15 is 0 Å². The van der Waals surface area contributed by atoms with Crippen LogP contribution in [0, 0.1) is 13.8 Å². The number of hydrogen-bond acceptors (Lipinski definition) is 3. The zero-order valence-corrected chi connectivity index (χ0v) is 14.4. The first kappa shape index (κ1) is 16.8. The van der Waals surface area contributed by atoms with E-state index in [1.165, 1.54) is 5.56 Å². The van der Waals surface area contributed by atoms with Crippen LogP contribution < -0.4 is 10.1 Å². The summed E-state index contributed by atoms with van der Waals surface area (Å²) in [6.45, 7) is 4.54. The van der Waals surface area contributed by atoms with Crippen molar-refractivity contribution in [3.05, 3.63) is 72.1 Å². The quantitative estimate of drug-likeness (QED) is 0.730. The molecule has 0 aliphatic heterocycles. The van der Waals surface area contributed by atoms with Gasteiger partial charge in [-0.15, -0.1) is 0 Å². The van der Waals surface area contributed by atoms with Gasteiger partial charge in [0.2, 0.25) is 5.91 Å². The third-order valence-electron chi connectivity index (χ3n) is 3.74. The van der Waals surface area contributed by atoms with E-state index in [1.807, 2.05) is 68.6 Å². The zero-order chi connectivity index (χ0) is 17.6. The lowest BCUT2D eigenvalue weighted by atomic mass is 10.2. The minimum absolute atomic E-state index is 0.0758. The largest absolute Gasteiger partial charge is 0.455 e. The molecule has 1 N–H and O–H groups in total. The molecule has 1 heterocycles. The lowest BCUT2D eigenvalue weighted by Crippen LogP contribution is -2.15. The second-order valence-electron chi connectivity index (χ2n) is 5.99. The highest BCUT2D eigenvalue weighted by Crippen LogP contribution is 2.29. The SMILES string of the molecule is Cc1ccc(Oc2ccccc2NC(=O)CCn2cc(C)cn2)cc1. The first-order chi connectivity index (χ1) is 12.1. The fourth-order valence-corrected chi connectivity index (χ4v) is 2.41. The minimum Gasteiger partial charge on any atom is -0.455 e. The number of benzene rings is 2. The first-order valence-corrected chi connectivity index (χ1v) is 8.22. The normalized spacial score (nSPS) is 10.5. The molecule has 5 nitrogen and oxygen atoms in total. The number of hydrogen-bond donors (Lipinski definition) is 1. The summed E-state index contributed by atoms with van der Waals surface area (Å²) < 4.78 is 7.67. The van der Waals surface area contributed by atoms with Gasteiger partial charge in [0, 0.05) is 19.2 Å². The van der Waals surface area contributed by atoms with Crippen LogP contribution in [0.15, 0.2) is 60.9 Å². The Morgan fingerprint density at radius 3 is 2.56 bits per heavy atom. The van der Waals surface area contributed by atoms with Crippen LogP contribution in [0.2, 0.25) is 0 Å². The van der Waals surface area contributed by atoms with Crippen LogP contribution in [0.5, 0.6) is 11.5 Å². The van der Waals surface area contributed by atoms with Crippen molar-refractivity contribution in [1.29, 1.82) is 0 Å². The van der Waals surface area contributed by atoms with E-state index in [0.29, 0.717) is 24.4 Å². The van der Waals surface area contributed by atoms with Crippen LogP contribution in [0.3, 0.4) is 0 Å². The van der Waals surface area contributed by atoms with E-state index in [1.54, 1.807) is 10.9 Å². The summed E-state index contributed by atoms with van der Waals surface area (Å²) in [4.78, 5) is 12.2. The number of nitrogens with zero attached hydrogens (tertiary/aromatic N) is 2. The molecule has 2 aromatic carbocycles. The van der Waals surface area contributed by atoms with Gasteiger partial charge in [-0.2, -0.15) is 5.10 Å². The molecule has 1 aromatic heterocycles. The highest BCUT2D eigenvalue weighted by Gasteiger charge is 2.09. The molecule has 0 fully saturated rings. The molecule has 0 aliphatic rings. The van der Waals surface area contributed by atoms with Crippen molar-refractivity contribution in [1.82, 2.24) is 9.78 Å². The number of anilines is 1. The van der Waals surface area contributed by atoms with Crippen molar-refractivity contribution >= 4 is 11.6 Å². The van der Waals surface area contributed by atoms with Crippen LogP contribution >= 0.6 is 0 Å². The zero-order valence-electron chi connectivity index (χ0n) is 14.4. The van der Waals surface area contributed by atoms with Gasteiger partial charge in [0.1, 0.15) is 5.75 Å². The average molecular weight is 335 g/mol. The van der Waals surface area contributed by atoms with Gasteiger partial charge in [0.05, 0.1) is 11.9 Å². The maximum atomic E-state index is 12.2. The monoisotopic (exact) mass is 335 g/mol. The van der Waals surface area contributed by atoms with Crippen molar-refractivity contribution < 1.29 is 9.53 Å². The minimum atomic E-state index is -0.0758. The average Bonchev–Trinajstić information content (AvgIpc) is 3.02. The summed E-state index contributed by atoms with van der Waals surface area (Å²) in [6, 6.07) is 15.2. The van der Waals surface area contributed by atoms with Gasteiger partial charge >= 0.3 is 0 Å². The maximum Gasteiger partial charge on any atom is 0.226 e. The molecule has 0 unspecified atom stereocenters. The number of carbonyl (C=O) groups is 1. The van der Waals surface area contributed by atoms with Crippen molar-refractivity contribution in [3.8, 4) is 11.5 Å². The predicted molar refractivity (Wildman–Crippen MR) is 97.9 cm³/mol. The third kappa shape index (κ3) is 4.70. The van der Waals surface area contributed by atoms with Crippen molar-refractivity contribution in [2.45, 2.75) is 26.8 Å². The molecular formula is C20H21N3O2. The number of ether oxygens (including phenoxy) is 1. The van der Waals surface area contributed by atoms with Crippen molar-refractivity contribution in [3.63, 3.8) is 0 Å². The maximum absolute atomic E-state index is 12.2. The number of carbonyl (C=O) groups excluding carboxylic acids is 1. The molecule has 0 atom stereocenters. The van der Waals surface area contributed by atoms with Gasteiger partial charge in [0.15, 0.2) is 5.75 Å². The van der Waals surface area contributed by atoms with E-state index in [-0.39, 0.29) is 5.91 Å². The fourth-order valence-electron chi connectivity index (χ4n) is 2.41. The fraction of sp³-hybridized carbons (Fsp3) is 0.200. The number of rotatable bonds is 6. The van der Waals surface area contributed by atoms with Crippen LogP contribution in [-0.4, -0.2) is 15.7 Å². The standard InChI is InChI=1S/C20H21N3O2/c1-15-7-9-17(10-8-15)25-19-6-4-3-5-18(19)22-20(24)11-12-23-14-16(2)13-21-23/h3-10,13-14H,11-12H2,1-2H3,(H,22,24). The van der Waals surface area contributed by atoms with E-state index in [2.05, 4.69) is 10.4 Å². The van der Waals surface area contributed by atoms with E-state index < -0.39 is 0 Å². The van der Waals surface area contributed by atoms with E-state index in [0.717, 1.165) is 11.3 Å². The third-order valence-corrected chi connectivity index (χ3v) is 3.74. The summed E-state index contributed by atoms with van der Waals surface area (Å²) in [6.07, 6.45) is 4.05. The number of amides is 1. The molecule has 25 heavy (non-hydrogen) atoms. The predicted octanol–water partition coefficient (Wildman–Crippen LogP) is 4.32. The molecule has 3 rings (SSSR count). The van der Waals surface area contributed by atoms with Gasteiger partial charge in [-0.3, -0.25) is 9.48 Å². The Kier molecular flexibility index (Phi) is 5.14. The Labute approximate surface area is 147 Å². The lowest BCUT2D eigenvalue weighted by molar-refractivity contribution is -0.116. The molecule has 128 valence electrons. The molecule has 1 amide bonds. The molecule has 0 radical (unpaired) electrons. The number of aromatic nitrogens is 2. The Bertz CT molecular complexity index is 853. The first-order valence-electron chi connectivity index (χ1n) is 8.22. The molecule has 5 heteroatoms. The summed E-state index contributed by atoms with van der Waals surface area (Å²) in [5, 5.41) is 7.10. The van der Waals surface area contributed by atoms with Crippen LogP contribution in [0.25, 0.3) is 0 Å².